The van der Waals surface area contributed by atoms with E-state index in [1.165, 1.54) is 6.92 Å². The molecule has 0 saturated carbocycles. The lowest BCUT2D eigenvalue weighted by molar-refractivity contribution is -0.141. The maximum atomic E-state index is 11.6. The summed E-state index contributed by atoms with van der Waals surface area (Å²) in [7, 11) is 0. The van der Waals surface area contributed by atoms with Crippen LogP contribution in [0.5, 0.6) is 0 Å². The molecule has 0 radical (unpaired) electrons. The summed E-state index contributed by atoms with van der Waals surface area (Å²) in [5.74, 6) is -0.608. The van der Waals surface area contributed by atoms with Crippen molar-refractivity contribution in [2.24, 2.45) is 0 Å². The van der Waals surface area contributed by atoms with Crippen LogP contribution in [0.3, 0.4) is 0 Å². The van der Waals surface area contributed by atoms with Crippen LogP contribution in [0.2, 0.25) is 0 Å². The molecule has 1 amide bonds. The second kappa shape index (κ2) is 9.72. The quantitative estimate of drug-likeness (QED) is 0.428. The summed E-state index contributed by atoms with van der Waals surface area (Å²) < 4.78 is 10.2. The Bertz CT molecular complexity index is 470. The summed E-state index contributed by atoms with van der Waals surface area (Å²) in [6, 6.07) is 9.82. The smallest absolute Gasteiger partial charge is 0.302 e. The molecule has 0 spiro atoms. The average Bonchev–Trinajstić information content (AvgIpc) is 2.47. The molecular weight excluding hydrogens is 270 g/mol. The maximum absolute atomic E-state index is 11.6. The van der Waals surface area contributed by atoms with E-state index in [0.717, 1.165) is 5.56 Å². The Hall–Kier alpha value is -2.14. The molecule has 21 heavy (non-hydrogen) atoms. The zero-order chi connectivity index (χ0) is 15.5. The van der Waals surface area contributed by atoms with Crippen molar-refractivity contribution in [3.8, 4) is 0 Å². The third-order valence-electron chi connectivity index (χ3n) is 2.67. The Morgan fingerprint density at radius 1 is 1.19 bits per heavy atom. The number of carbonyl (C=O) groups excluding carboxylic acids is 2. The molecule has 1 rings (SSSR count). The van der Waals surface area contributed by atoms with Gasteiger partial charge in [0, 0.05) is 25.5 Å². The normalized spacial score (nSPS) is 9.95. The topological polar surface area (TPSA) is 64.6 Å². The summed E-state index contributed by atoms with van der Waals surface area (Å²) in [5.41, 5.74) is 1.48. The fourth-order valence-corrected chi connectivity index (χ4v) is 1.56. The lowest BCUT2D eigenvalue weighted by Crippen LogP contribution is -2.28. The fourth-order valence-electron chi connectivity index (χ4n) is 1.56. The summed E-state index contributed by atoms with van der Waals surface area (Å²) in [5, 5.41) is 2.70. The lowest BCUT2D eigenvalue weighted by Gasteiger charge is -2.08. The van der Waals surface area contributed by atoms with Crippen molar-refractivity contribution in [1.29, 1.82) is 0 Å². The molecule has 1 aromatic carbocycles. The summed E-state index contributed by atoms with van der Waals surface area (Å²) in [6.45, 7) is 6.51. The van der Waals surface area contributed by atoms with Gasteiger partial charge in [0.2, 0.25) is 5.91 Å². The van der Waals surface area contributed by atoms with Crippen LogP contribution in [0.25, 0.3) is 0 Å². The second-order valence-electron chi connectivity index (χ2n) is 4.49. The van der Waals surface area contributed by atoms with Crippen LogP contribution in [-0.4, -0.2) is 31.6 Å². The Morgan fingerprint density at radius 3 is 2.57 bits per heavy atom. The van der Waals surface area contributed by atoms with Crippen molar-refractivity contribution in [2.75, 3.05) is 19.8 Å². The minimum Gasteiger partial charge on any atom is -0.466 e. The van der Waals surface area contributed by atoms with Crippen LogP contribution in [-0.2, 0) is 25.7 Å². The molecule has 0 heterocycles. The molecule has 0 atom stereocenters. The molecule has 0 aromatic heterocycles. The van der Waals surface area contributed by atoms with Crippen molar-refractivity contribution in [3.63, 3.8) is 0 Å². The molecule has 0 aliphatic rings. The van der Waals surface area contributed by atoms with Gasteiger partial charge in [0.05, 0.1) is 19.8 Å². The van der Waals surface area contributed by atoms with E-state index in [-0.39, 0.29) is 18.5 Å². The Balaban J connectivity index is 2.07. The predicted octanol–water partition coefficient (Wildman–Crippen LogP) is 1.83. The number of carbonyl (C=O) groups is 2. The van der Waals surface area contributed by atoms with Crippen LogP contribution in [0.4, 0.5) is 0 Å². The van der Waals surface area contributed by atoms with Gasteiger partial charge in [0.1, 0.15) is 0 Å². The molecule has 0 saturated heterocycles. The van der Waals surface area contributed by atoms with E-state index in [2.05, 4.69) is 11.9 Å². The van der Waals surface area contributed by atoms with Gasteiger partial charge in [0.15, 0.2) is 0 Å². The molecule has 0 fully saturated rings. The van der Waals surface area contributed by atoms with E-state index in [9.17, 15) is 9.59 Å². The number of ether oxygens (including phenoxy) is 2. The minimum atomic E-state index is -0.363. The van der Waals surface area contributed by atoms with E-state index in [4.69, 9.17) is 9.47 Å². The molecule has 0 aliphatic heterocycles. The van der Waals surface area contributed by atoms with Crippen molar-refractivity contribution in [2.45, 2.75) is 20.0 Å². The molecule has 114 valence electrons. The Labute approximate surface area is 124 Å². The third-order valence-corrected chi connectivity index (χ3v) is 2.67. The van der Waals surface area contributed by atoms with Gasteiger partial charge >= 0.3 is 5.97 Å². The lowest BCUT2D eigenvalue weighted by atomic mass is 10.2. The molecular formula is C16H21NO4. The van der Waals surface area contributed by atoms with E-state index in [0.29, 0.717) is 31.8 Å². The van der Waals surface area contributed by atoms with Gasteiger partial charge < -0.3 is 14.8 Å². The predicted molar refractivity (Wildman–Crippen MR) is 79.5 cm³/mol. The van der Waals surface area contributed by atoms with Gasteiger partial charge in [-0.25, -0.2) is 0 Å². The molecule has 5 nitrogen and oxygen atoms in total. The van der Waals surface area contributed by atoms with Gasteiger partial charge in [-0.2, -0.15) is 0 Å². The second-order valence-corrected chi connectivity index (χ2v) is 4.49. The number of hydrogen-bond donors (Lipinski definition) is 1. The number of benzene rings is 1. The van der Waals surface area contributed by atoms with E-state index in [1.54, 1.807) is 0 Å². The third kappa shape index (κ3) is 7.89. The highest BCUT2D eigenvalue weighted by molar-refractivity contribution is 5.92. The van der Waals surface area contributed by atoms with Crippen LogP contribution in [0, 0.1) is 0 Å². The zero-order valence-corrected chi connectivity index (χ0v) is 12.3. The van der Waals surface area contributed by atoms with E-state index >= 15 is 0 Å². The van der Waals surface area contributed by atoms with Crippen LogP contribution in [0.15, 0.2) is 42.5 Å². The standard InChI is InChI=1S/C16H21NO4/c1-13(8-10-21-14(2)18)16(19)17-9-11-20-12-15-6-4-3-5-7-15/h3-7H,1,8-12H2,2H3,(H,17,19). The average molecular weight is 291 g/mol. The Kier molecular flexibility index (Phi) is 7.82. The summed E-state index contributed by atoms with van der Waals surface area (Å²) in [6.07, 6.45) is 0.330. The van der Waals surface area contributed by atoms with Crippen LogP contribution < -0.4 is 5.32 Å². The largest absolute Gasteiger partial charge is 0.466 e. The maximum Gasteiger partial charge on any atom is 0.302 e. The Morgan fingerprint density at radius 2 is 1.90 bits per heavy atom. The van der Waals surface area contributed by atoms with E-state index in [1.807, 2.05) is 30.3 Å². The molecule has 0 unspecified atom stereocenters. The molecule has 0 bridgehead atoms. The number of rotatable bonds is 9. The minimum absolute atomic E-state index is 0.173. The van der Waals surface area contributed by atoms with Crippen molar-refractivity contribution >= 4 is 11.9 Å². The van der Waals surface area contributed by atoms with Gasteiger partial charge in [0.25, 0.3) is 0 Å². The first-order valence-electron chi connectivity index (χ1n) is 6.80. The number of amides is 1. The zero-order valence-electron chi connectivity index (χ0n) is 12.3. The molecule has 1 N–H and O–H groups in total. The number of nitrogens with one attached hydrogen (secondary N) is 1. The van der Waals surface area contributed by atoms with Gasteiger partial charge in [-0.1, -0.05) is 36.9 Å². The van der Waals surface area contributed by atoms with Crippen molar-refractivity contribution in [3.05, 3.63) is 48.0 Å². The molecule has 1 aromatic rings. The highest BCUT2D eigenvalue weighted by Gasteiger charge is 2.06. The highest BCUT2D eigenvalue weighted by atomic mass is 16.5. The highest BCUT2D eigenvalue weighted by Crippen LogP contribution is 2.00. The number of hydrogen-bond acceptors (Lipinski definition) is 4. The first-order valence-corrected chi connectivity index (χ1v) is 6.80. The first kappa shape index (κ1) is 16.9. The SMILES string of the molecule is C=C(CCOC(C)=O)C(=O)NCCOCc1ccccc1. The molecule has 5 heteroatoms. The fraction of sp³-hybridized carbons (Fsp3) is 0.375. The first-order chi connectivity index (χ1) is 10.1. The van der Waals surface area contributed by atoms with Gasteiger partial charge in [-0.05, 0) is 5.56 Å². The van der Waals surface area contributed by atoms with Crippen molar-refractivity contribution in [1.82, 2.24) is 5.32 Å². The van der Waals surface area contributed by atoms with Gasteiger partial charge in [-0.15, -0.1) is 0 Å². The summed E-state index contributed by atoms with van der Waals surface area (Å²) >= 11 is 0. The monoisotopic (exact) mass is 291 g/mol. The molecule has 0 aliphatic carbocycles. The van der Waals surface area contributed by atoms with Crippen molar-refractivity contribution < 1.29 is 19.1 Å². The van der Waals surface area contributed by atoms with Crippen LogP contribution in [0.1, 0.15) is 18.9 Å². The summed E-state index contributed by atoms with van der Waals surface area (Å²) in [4.78, 5) is 22.2. The van der Waals surface area contributed by atoms with E-state index < -0.39 is 0 Å². The van der Waals surface area contributed by atoms with Crippen LogP contribution >= 0.6 is 0 Å². The number of esters is 1. The van der Waals surface area contributed by atoms with Gasteiger partial charge in [-0.3, -0.25) is 9.59 Å².